The highest BCUT2D eigenvalue weighted by molar-refractivity contribution is 7.80. The van der Waals surface area contributed by atoms with E-state index < -0.39 is 0 Å². The molecule has 1 saturated heterocycles. The fourth-order valence-electron chi connectivity index (χ4n) is 5.39. The molecule has 2 bridgehead atoms. The molecule has 8 heteroatoms. The van der Waals surface area contributed by atoms with Crippen LogP contribution < -0.4 is 10.9 Å². The first kappa shape index (κ1) is 20.7. The van der Waals surface area contributed by atoms with Crippen LogP contribution in [0.2, 0.25) is 0 Å². The Hall–Kier alpha value is -2.19. The maximum Gasteiger partial charge on any atom is 0.341 e. The molecule has 0 unspecified atom stereocenters. The SMILES string of the molecule is COC(=O)c1c(NC(=S)N2C[C@H]3C[C@@H](C2)c2cccc(=O)n2C3)sc2c1CCCCC2. The summed E-state index contributed by atoms with van der Waals surface area (Å²) in [5, 5.41) is 4.88. The minimum Gasteiger partial charge on any atom is -0.465 e. The van der Waals surface area contributed by atoms with Gasteiger partial charge in [-0.15, -0.1) is 11.3 Å². The number of aryl methyl sites for hydroxylation is 1. The van der Waals surface area contributed by atoms with Gasteiger partial charge in [0.25, 0.3) is 5.56 Å². The number of carbonyl (C=O) groups is 1. The van der Waals surface area contributed by atoms with E-state index in [-0.39, 0.29) is 11.5 Å². The minimum atomic E-state index is -0.284. The molecular formula is C23H27N3O3S2. The number of thiocarbonyl (C=S) groups is 1. The molecule has 0 spiro atoms. The highest BCUT2D eigenvalue weighted by atomic mass is 32.1. The van der Waals surface area contributed by atoms with E-state index in [2.05, 4.69) is 16.3 Å². The lowest BCUT2D eigenvalue weighted by Crippen LogP contribution is -2.50. The molecular weight excluding hydrogens is 430 g/mol. The number of nitrogens with zero attached hydrogens (tertiary/aromatic N) is 2. The van der Waals surface area contributed by atoms with E-state index >= 15 is 0 Å². The Balaban J connectivity index is 1.39. The second kappa shape index (κ2) is 8.39. The number of likely N-dealkylation sites (tertiary alicyclic amines) is 1. The first-order chi connectivity index (χ1) is 15.0. The smallest absolute Gasteiger partial charge is 0.341 e. The highest BCUT2D eigenvalue weighted by Crippen LogP contribution is 2.39. The van der Waals surface area contributed by atoms with Gasteiger partial charge in [0.15, 0.2) is 5.11 Å². The third kappa shape index (κ3) is 3.80. The summed E-state index contributed by atoms with van der Waals surface area (Å²) < 4.78 is 7.05. The van der Waals surface area contributed by atoms with E-state index in [4.69, 9.17) is 17.0 Å². The molecule has 2 aliphatic heterocycles. The zero-order valence-electron chi connectivity index (χ0n) is 17.7. The Morgan fingerprint density at radius 2 is 2.03 bits per heavy atom. The van der Waals surface area contributed by atoms with Crippen LogP contribution in [0.4, 0.5) is 5.00 Å². The Bertz CT molecular complexity index is 1090. The lowest BCUT2D eigenvalue weighted by molar-refractivity contribution is 0.0601. The number of ether oxygens (including phenoxy) is 1. The van der Waals surface area contributed by atoms with Gasteiger partial charge >= 0.3 is 5.97 Å². The van der Waals surface area contributed by atoms with Gasteiger partial charge in [0.05, 0.1) is 12.7 Å². The summed E-state index contributed by atoms with van der Waals surface area (Å²) in [6.45, 7) is 2.34. The third-order valence-corrected chi connectivity index (χ3v) is 8.37. The van der Waals surface area contributed by atoms with Crippen LogP contribution in [0.25, 0.3) is 0 Å². The first-order valence-electron chi connectivity index (χ1n) is 11.0. The summed E-state index contributed by atoms with van der Waals surface area (Å²) in [7, 11) is 1.44. The Morgan fingerprint density at radius 3 is 2.87 bits per heavy atom. The Morgan fingerprint density at radius 1 is 1.19 bits per heavy atom. The third-order valence-electron chi connectivity index (χ3n) is 6.80. The van der Waals surface area contributed by atoms with Crippen molar-refractivity contribution in [3.05, 3.63) is 50.3 Å². The van der Waals surface area contributed by atoms with Crippen molar-refractivity contribution < 1.29 is 9.53 Å². The molecule has 3 aliphatic rings. The average molecular weight is 458 g/mol. The van der Waals surface area contributed by atoms with Crippen LogP contribution in [0.15, 0.2) is 23.0 Å². The van der Waals surface area contributed by atoms with E-state index in [9.17, 15) is 9.59 Å². The molecule has 1 aliphatic carbocycles. The average Bonchev–Trinajstić information content (AvgIpc) is 2.94. The maximum atomic E-state index is 12.6. The second-order valence-electron chi connectivity index (χ2n) is 8.79. The van der Waals surface area contributed by atoms with Crippen molar-refractivity contribution in [1.29, 1.82) is 0 Å². The molecule has 2 aromatic rings. The van der Waals surface area contributed by atoms with Gasteiger partial charge in [-0.2, -0.15) is 0 Å². The van der Waals surface area contributed by atoms with Crippen LogP contribution in [0.5, 0.6) is 0 Å². The van der Waals surface area contributed by atoms with Crippen molar-refractivity contribution in [1.82, 2.24) is 9.47 Å². The Labute approximate surface area is 191 Å². The summed E-state index contributed by atoms with van der Waals surface area (Å²) in [4.78, 5) is 28.4. The number of esters is 1. The number of aromatic nitrogens is 1. The quantitative estimate of drug-likeness (QED) is 0.421. The number of hydrogen-bond acceptors (Lipinski definition) is 5. The summed E-state index contributed by atoms with van der Waals surface area (Å²) >= 11 is 7.46. The molecule has 1 fully saturated rings. The number of rotatable bonds is 2. The molecule has 6 nitrogen and oxygen atoms in total. The standard InChI is InChI=1S/C23H27N3O3S2/c1-29-22(28)20-16-6-3-2-4-8-18(16)31-21(20)24-23(30)25-11-14-10-15(13-25)17-7-5-9-19(27)26(17)12-14/h5,7,9,14-15H,2-4,6,8,10-13H2,1H3,(H,24,30)/t14-,15+/m1/s1. The van der Waals surface area contributed by atoms with Crippen molar-refractivity contribution >= 4 is 39.6 Å². The van der Waals surface area contributed by atoms with Crippen molar-refractivity contribution in [3.63, 3.8) is 0 Å². The molecule has 2 atom stereocenters. The summed E-state index contributed by atoms with van der Waals surface area (Å²) in [6, 6.07) is 5.56. The molecule has 2 aromatic heterocycles. The van der Waals surface area contributed by atoms with Gasteiger partial charge < -0.3 is 19.5 Å². The van der Waals surface area contributed by atoms with E-state index in [1.54, 1.807) is 17.4 Å². The van der Waals surface area contributed by atoms with E-state index in [0.717, 1.165) is 68.0 Å². The number of fused-ring (bicyclic) bond motifs is 5. The van der Waals surface area contributed by atoms with Crippen molar-refractivity contribution in [2.24, 2.45) is 5.92 Å². The van der Waals surface area contributed by atoms with Crippen LogP contribution in [0.1, 0.15) is 58.1 Å². The van der Waals surface area contributed by atoms with Crippen LogP contribution in [0.3, 0.4) is 0 Å². The van der Waals surface area contributed by atoms with Crippen LogP contribution in [-0.4, -0.2) is 40.7 Å². The van der Waals surface area contributed by atoms with E-state index in [0.29, 0.717) is 22.5 Å². The van der Waals surface area contributed by atoms with Gasteiger partial charge in [-0.05, 0) is 61.9 Å². The molecule has 164 valence electrons. The number of pyridine rings is 1. The van der Waals surface area contributed by atoms with Gasteiger partial charge in [-0.25, -0.2) is 4.79 Å². The first-order valence-corrected chi connectivity index (χ1v) is 12.3. The number of nitrogens with one attached hydrogen (secondary N) is 1. The molecule has 4 heterocycles. The van der Waals surface area contributed by atoms with Crippen LogP contribution >= 0.6 is 23.6 Å². The molecule has 5 rings (SSSR count). The zero-order valence-corrected chi connectivity index (χ0v) is 19.3. The van der Waals surface area contributed by atoms with Crippen molar-refractivity contribution in [2.45, 2.75) is 51.0 Å². The number of methoxy groups -OCH3 is 1. The van der Waals surface area contributed by atoms with Crippen LogP contribution in [-0.2, 0) is 24.1 Å². The minimum absolute atomic E-state index is 0.0872. The second-order valence-corrected chi connectivity index (χ2v) is 10.3. The van der Waals surface area contributed by atoms with Crippen molar-refractivity contribution in [3.8, 4) is 0 Å². The van der Waals surface area contributed by atoms with Gasteiger partial charge in [0, 0.05) is 42.2 Å². The zero-order chi connectivity index (χ0) is 21.5. The lowest BCUT2D eigenvalue weighted by atomic mass is 9.83. The predicted octanol–water partition coefficient (Wildman–Crippen LogP) is 3.78. The number of anilines is 1. The molecule has 0 saturated carbocycles. The summed E-state index contributed by atoms with van der Waals surface area (Å²) in [5.41, 5.74) is 3.00. The topological polar surface area (TPSA) is 63.6 Å². The number of carbonyl (C=O) groups excluding carboxylic acids is 1. The van der Waals surface area contributed by atoms with Gasteiger partial charge in [0.2, 0.25) is 0 Å². The fourth-order valence-corrected chi connectivity index (χ4v) is 6.98. The van der Waals surface area contributed by atoms with Crippen LogP contribution in [0, 0.1) is 5.92 Å². The molecule has 0 aromatic carbocycles. The van der Waals surface area contributed by atoms with Gasteiger partial charge in [-0.3, -0.25) is 4.79 Å². The summed E-state index contributed by atoms with van der Waals surface area (Å²) in [5.74, 6) is 0.404. The molecule has 31 heavy (non-hydrogen) atoms. The predicted molar refractivity (Wildman–Crippen MR) is 126 cm³/mol. The number of piperidine rings is 1. The molecule has 0 radical (unpaired) electrons. The fraction of sp³-hybridized carbons (Fsp3) is 0.522. The normalized spacial score (nSPS) is 22.2. The largest absolute Gasteiger partial charge is 0.465 e. The lowest BCUT2D eigenvalue weighted by Gasteiger charge is -2.43. The highest BCUT2D eigenvalue weighted by Gasteiger charge is 2.36. The number of hydrogen-bond donors (Lipinski definition) is 1. The molecule has 0 amide bonds. The Kier molecular flexibility index (Phi) is 5.60. The molecule has 1 N–H and O–H groups in total. The maximum absolute atomic E-state index is 12.6. The monoisotopic (exact) mass is 457 g/mol. The van der Waals surface area contributed by atoms with Gasteiger partial charge in [0.1, 0.15) is 5.00 Å². The van der Waals surface area contributed by atoms with Crippen molar-refractivity contribution in [2.75, 3.05) is 25.5 Å². The number of thiophene rings is 1. The van der Waals surface area contributed by atoms with E-state index in [1.807, 2.05) is 10.6 Å². The van der Waals surface area contributed by atoms with Gasteiger partial charge in [-0.1, -0.05) is 12.5 Å². The van der Waals surface area contributed by atoms with E-state index in [1.165, 1.54) is 18.4 Å². The summed E-state index contributed by atoms with van der Waals surface area (Å²) in [6.07, 6.45) is 6.48.